The summed E-state index contributed by atoms with van der Waals surface area (Å²) in [6.07, 6.45) is -17.6. The van der Waals surface area contributed by atoms with Gasteiger partial charge in [0.15, 0.2) is 0 Å². The lowest BCUT2D eigenvalue weighted by Gasteiger charge is -2.31. The van der Waals surface area contributed by atoms with Crippen molar-refractivity contribution in [2.75, 3.05) is 0 Å². The highest BCUT2D eigenvalue weighted by Crippen LogP contribution is 2.52. The molecule has 0 bridgehead atoms. The summed E-state index contributed by atoms with van der Waals surface area (Å²) in [6.45, 7) is 0. The summed E-state index contributed by atoms with van der Waals surface area (Å²) in [5.74, 6) is -20.0. The first-order chi connectivity index (χ1) is 7.46. The van der Waals surface area contributed by atoms with Crippen molar-refractivity contribution in [1.29, 1.82) is 0 Å². The minimum absolute atomic E-state index is 4.00. The predicted octanol–water partition coefficient (Wildman–Crippen LogP) is 4.41. The van der Waals surface area contributed by atoms with Gasteiger partial charge in [-0.1, -0.05) is 0 Å². The van der Waals surface area contributed by atoms with Gasteiger partial charge in [-0.05, 0) is 0 Å². The van der Waals surface area contributed by atoms with E-state index in [4.69, 9.17) is 0 Å². The first kappa shape index (κ1) is 17.2. The molecule has 0 aliphatic heterocycles. The van der Waals surface area contributed by atoms with Crippen LogP contribution in [-0.2, 0) is 0 Å². The zero-order chi connectivity index (χ0) is 15.2. The van der Waals surface area contributed by atoms with Crippen LogP contribution < -0.4 is 0 Å². The van der Waals surface area contributed by atoms with E-state index in [1.807, 2.05) is 0 Å². The molecule has 0 aliphatic rings. The van der Waals surface area contributed by atoms with E-state index in [1.54, 1.807) is 0 Å². The Hall–Kier alpha value is -0.840. The van der Waals surface area contributed by atoms with Crippen molar-refractivity contribution in [1.82, 2.24) is 0 Å². The lowest BCUT2D eigenvalue weighted by atomic mass is 10.0. The molecule has 0 aromatic heterocycles. The van der Waals surface area contributed by atoms with Gasteiger partial charge in [0.05, 0.1) is 6.42 Å². The fourth-order valence-electron chi connectivity index (χ4n) is 0.697. The van der Waals surface area contributed by atoms with Crippen molar-refractivity contribution in [3.63, 3.8) is 0 Å². The molecule has 0 saturated carbocycles. The fraction of sp³-hybridized carbons (Fsp3) is 1.00. The Morgan fingerprint density at radius 1 is 0.444 bits per heavy atom. The van der Waals surface area contributed by atoms with Crippen LogP contribution in [0.15, 0.2) is 0 Å². The minimum Gasteiger partial charge on any atom is -0.199 e. The smallest absolute Gasteiger partial charge is 0.199 e. The van der Waals surface area contributed by atoms with E-state index in [0.717, 1.165) is 0 Å². The molecule has 0 amide bonds. The maximum Gasteiger partial charge on any atom is 0.459 e. The van der Waals surface area contributed by atoms with Gasteiger partial charge in [0.2, 0.25) is 0 Å². The third kappa shape index (κ3) is 2.94. The Morgan fingerprint density at radius 3 is 1.00 bits per heavy atom. The molecule has 0 fully saturated rings. The largest absolute Gasteiger partial charge is 0.459 e. The Labute approximate surface area is 90.6 Å². The van der Waals surface area contributed by atoms with E-state index in [-0.39, 0.29) is 0 Å². The van der Waals surface area contributed by atoms with Crippen LogP contribution in [0.4, 0.5) is 52.7 Å². The second-order valence-corrected chi connectivity index (χ2v) is 3.16. The summed E-state index contributed by atoms with van der Waals surface area (Å²) in [7, 11) is 0. The molecule has 0 heterocycles. The molecule has 0 aromatic rings. The Kier molecular flexibility index (Phi) is 3.89. The van der Waals surface area contributed by atoms with E-state index >= 15 is 0 Å². The molecule has 0 spiro atoms. The normalized spacial score (nSPS) is 16.0. The van der Waals surface area contributed by atoms with Crippen LogP contribution in [0.3, 0.4) is 0 Å². The van der Waals surface area contributed by atoms with Crippen LogP contribution in [0.1, 0.15) is 6.42 Å². The first-order valence-electron chi connectivity index (χ1n) is 3.72. The molecule has 0 saturated heterocycles. The molecule has 0 aromatic carbocycles. The third-order valence-corrected chi connectivity index (χ3v) is 1.67. The summed E-state index contributed by atoms with van der Waals surface area (Å²) in [4.78, 5) is 0. The number of halogens is 12. The SMILES string of the molecule is FC(F)(F)C(F)(F)CC(F)(F)C(F)(F)C(F)(F)F. The Morgan fingerprint density at radius 2 is 0.778 bits per heavy atom. The topological polar surface area (TPSA) is 0 Å². The average Bonchev–Trinajstić information content (AvgIpc) is 1.96. The van der Waals surface area contributed by atoms with Crippen molar-refractivity contribution in [2.24, 2.45) is 0 Å². The van der Waals surface area contributed by atoms with E-state index in [0.29, 0.717) is 0 Å². The molecule has 0 atom stereocenters. The van der Waals surface area contributed by atoms with Crippen molar-refractivity contribution in [2.45, 2.75) is 36.5 Å². The van der Waals surface area contributed by atoms with Gasteiger partial charge in [0.1, 0.15) is 0 Å². The summed E-state index contributed by atoms with van der Waals surface area (Å²) in [6, 6.07) is 0. The standard InChI is InChI=1S/C6H2F12/c7-2(8,4(11,12)6(16,17)18)1-3(9,10)5(13,14)15/h1H2. The minimum atomic E-state index is -7.01. The van der Waals surface area contributed by atoms with Crippen LogP contribution in [0.2, 0.25) is 0 Å². The van der Waals surface area contributed by atoms with Crippen LogP contribution in [0.25, 0.3) is 0 Å². The second-order valence-electron chi connectivity index (χ2n) is 3.16. The highest BCUT2D eigenvalue weighted by Gasteiger charge is 2.76. The van der Waals surface area contributed by atoms with Gasteiger partial charge >= 0.3 is 30.1 Å². The van der Waals surface area contributed by atoms with Crippen LogP contribution in [0.5, 0.6) is 0 Å². The van der Waals surface area contributed by atoms with Gasteiger partial charge in [0.25, 0.3) is 0 Å². The highest BCUT2D eigenvalue weighted by atomic mass is 19.4. The van der Waals surface area contributed by atoms with Crippen LogP contribution in [0, 0.1) is 0 Å². The van der Waals surface area contributed by atoms with Crippen LogP contribution >= 0.6 is 0 Å². The number of hydrogen-bond acceptors (Lipinski definition) is 0. The lowest BCUT2D eigenvalue weighted by Crippen LogP contribution is -2.56. The molecule has 18 heavy (non-hydrogen) atoms. The molecular formula is C6H2F12. The summed E-state index contributed by atoms with van der Waals surface area (Å²) in [5, 5.41) is 0. The molecule has 12 heteroatoms. The van der Waals surface area contributed by atoms with Gasteiger partial charge in [-0.15, -0.1) is 0 Å². The van der Waals surface area contributed by atoms with Crippen molar-refractivity contribution >= 4 is 0 Å². The molecule has 0 rings (SSSR count). The van der Waals surface area contributed by atoms with Gasteiger partial charge < -0.3 is 0 Å². The van der Waals surface area contributed by atoms with Crippen molar-refractivity contribution in [3.8, 4) is 0 Å². The second kappa shape index (κ2) is 4.08. The summed E-state index contributed by atoms with van der Waals surface area (Å²) in [5.41, 5.74) is 0. The van der Waals surface area contributed by atoms with E-state index < -0.39 is 36.5 Å². The van der Waals surface area contributed by atoms with Gasteiger partial charge in [-0.25, -0.2) is 0 Å². The zero-order valence-electron chi connectivity index (χ0n) is 7.74. The molecule has 0 unspecified atom stereocenters. The summed E-state index contributed by atoms with van der Waals surface area (Å²) >= 11 is 0. The lowest BCUT2D eigenvalue weighted by molar-refractivity contribution is -0.377. The fourth-order valence-corrected chi connectivity index (χ4v) is 0.697. The third-order valence-electron chi connectivity index (χ3n) is 1.67. The molecular weight excluding hydrogens is 300 g/mol. The van der Waals surface area contributed by atoms with E-state index in [2.05, 4.69) is 0 Å². The van der Waals surface area contributed by atoms with E-state index in [9.17, 15) is 52.7 Å². The quantitative estimate of drug-likeness (QED) is 0.678. The van der Waals surface area contributed by atoms with Crippen molar-refractivity contribution in [3.05, 3.63) is 0 Å². The number of hydrogen-bond donors (Lipinski definition) is 0. The monoisotopic (exact) mass is 302 g/mol. The molecule has 0 aliphatic carbocycles. The van der Waals surface area contributed by atoms with Crippen molar-refractivity contribution < 1.29 is 52.7 Å². The molecule has 0 radical (unpaired) electrons. The summed E-state index contributed by atoms with van der Waals surface area (Å²) < 4.78 is 141. The van der Waals surface area contributed by atoms with Crippen LogP contribution in [-0.4, -0.2) is 30.1 Å². The maximum atomic E-state index is 12.3. The maximum absolute atomic E-state index is 12.3. The predicted molar refractivity (Wildman–Crippen MR) is 31.6 cm³/mol. The van der Waals surface area contributed by atoms with Gasteiger partial charge in [-0.2, -0.15) is 52.7 Å². The first-order valence-corrected chi connectivity index (χ1v) is 3.72. The average molecular weight is 302 g/mol. The molecule has 0 N–H and O–H groups in total. The Balaban J connectivity index is 5.33. The number of alkyl halides is 12. The molecule has 110 valence electrons. The van der Waals surface area contributed by atoms with Gasteiger partial charge in [-0.3, -0.25) is 0 Å². The van der Waals surface area contributed by atoms with Gasteiger partial charge in [0, 0.05) is 0 Å². The number of rotatable bonds is 3. The Bertz CT molecular complexity index is 293. The zero-order valence-corrected chi connectivity index (χ0v) is 7.74. The highest BCUT2D eigenvalue weighted by molar-refractivity contribution is 4.96. The molecule has 0 nitrogen and oxygen atoms in total. The van der Waals surface area contributed by atoms with E-state index in [1.165, 1.54) is 0 Å².